The predicted molar refractivity (Wildman–Crippen MR) is 127 cm³/mol. The van der Waals surface area contributed by atoms with Gasteiger partial charge in [-0.05, 0) is 54.7 Å². The Bertz CT molecular complexity index is 940. The number of nitrogens with one attached hydrogen (secondary N) is 2. The minimum Gasteiger partial charge on any atom is -0.497 e. The van der Waals surface area contributed by atoms with E-state index in [9.17, 15) is 9.59 Å². The largest absolute Gasteiger partial charge is 0.497 e. The van der Waals surface area contributed by atoms with Crippen LogP contribution in [0.1, 0.15) is 37.0 Å². The van der Waals surface area contributed by atoms with Crippen LogP contribution in [-0.4, -0.2) is 49.0 Å². The molecule has 0 aliphatic carbocycles. The monoisotopic (exact) mass is 435 g/mol. The quantitative estimate of drug-likeness (QED) is 0.594. The van der Waals surface area contributed by atoms with Gasteiger partial charge in [0.05, 0.1) is 7.11 Å². The molecule has 1 aliphatic rings. The summed E-state index contributed by atoms with van der Waals surface area (Å²) in [5.74, 6) is 0.284. The predicted octanol–water partition coefficient (Wildman–Crippen LogP) is 3.17. The Morgan fingerprint density at radius 2 is 1.84 bits per heavy atom. The van der Waals surface area contributed by atoms with Gasteiger partial charge in [-0.1, -0.05) is 43.3 Å². The van der Waals surface area contributed by atoms with E-state index >= 15 is 0 Å². The molecule has 2 unspecified atom stereocenters. The molecule has 0 saturated heterocycles. The summed E-state index contributed by atoms with van der Waals surface area (Å²) in [5, 5.41) is 5.74. The standard InChI is InChI=1S/C26H33N3O3/c1-4-23(29-16-15-21-7-5-6-8-22(21)18-29)17-27-26(31)19(2)28-25(30)14-11-20-9-12-24(32-3)13-10-20/h5-14,19,23H,4,15-18H2,1-3H3,(H,27,31)(H,28,30)/b14-11+. The van der Waals surface area contributed by atoms with Crippen molar-refractivity contribution in [2.75, 3.05) is 20.2 Å². The van der Waals surface area contributed by atoms with E-state index in [2.05, 4.69) is 46.7 Å². The molecule has 0 radical (unpaired) electrons. The Kier molecular flexibility index (Phi) is 8.45. The van der Waals surface area contributed by atoms with Crippen molar-refractivity contribution in [3.05, 3.63) is 71.3 Å². The fourth-order valence-electron chi connectivity index (χ4n) is 3.95. The third kappa shape index (κ3) is 6.44. The Morgan fingerprint density at radius 3 is 2.53 bits per heavy atom. The van der Waals surface area contributed by atoms with Crippen molar-refractivity contribution in [3.8, 4) is 5.75 Å². The fraction of sp³-hybridized carbons (Fsp3) is 0.385. The molecule has 0 aromatic heterocycles. The number of fused-ring (bicyclic) bond motifs is 1. The van der Waals surface area contributed by atoms with Gasteiger partial charge in [-0.3, -0.25) is 14.5 Å². The molecule has 2 aromatic rings. The van der Waals surface area contributed by atoms with Crippen molar-refractivity contribution in [2.45, 2.75) is 45.3 Å². The van der Waals surface area contributed by atoms with Crippen molar-refractivity contribution in [1.82, 2.24) is 15.5 Å². The number of hydrogen-bond donors (Lipinski definition) is 2. The molecule has 1 heterocycles. The summed E-state index contributed by atoms with van der Waals surface area (Å²) in [6.07, 6.45) is 5.13. The maximum Gasteiger partial charge on any atom is 0.244 e. The second kappa shape index (κ2) is 11.5. The Hall–Kier alpha value is -3.12. The smallest absolute Gasteiger partial charge is 0.244 e. The van der Waals surface area contributed by atoms with E-state index in [0.717, 1.165) is 37.2 Å². The van der Waals surface area contributed by atoms with E-state index in [1.165, 1.54) is 17.2 Å². The van der Waals surface area contributed by atoms with Gasteiger partial charge in [0.1, 0.15) is 11.8 Å². The molecule has 6 nitrogen and oxygen atoms in total. The van der Waals surface area contributed by atoms with Gasteiger partial charge in [0, 0.05) is 31.8 Å². The van der Waals surface area contributed by atoms with Crippen LogP contribution in [0.3, 0.4) is 0 Å². The second-order valence-corrected chi connectivity index (χ2v) is 8.13. The normalized spacial score (nSPS) is 15.6. The summed E-state index contributed by atoms with van der Waals surface area (Å²) in [6.45, 7) is 6.32. The van der Waals surface area contributed by atoms with Gasteiger partial charge in [-0.15, -0.1) is 0 Å². The molecule has 2 aromatic carbocycles. The first-order valence-corrected chi connectivity index (χ1v) is 11.2. The van der Waals surface area contributed by atoms with Crippen LogP contribution in [-0.2, 0) is 22.6 Å². The number of hydrogen-bond acceptors (Lipinski definition) is 4. The highest BCUT2D eigenvalue weighted by molar-refractivity contribution is 5.95. The molecule has 2 amide bonds. The number of ether oxygens (including phenoxy) is 1. The lowest BCUT2D eigenvalue weighted by Crippen LogP contribution is -2.50. The first kappa shape index (κ1) is 23.5. The summed E-state index contributed by atoms with van der Waals surface area (Å²) in [4.78, 5) is 27.2. The maximum absolute atomic E-state index is 12.5. The van der Waals surface area contributed by atoms with Gasteiger partial charge in [-0.2, -0.15) is 0 Å². The molecule has 32 heavy (non-hydrogen) atoms. The molecule has 2 N–H and O–H groups in total. The highest BCUT2D eigenvalue weighted by Crippen LogP contribution is 2.21. The first-order chi connectivity index (χ1) is 15.5. The molecule has 0 bridgehead atoms. The number of methoxy groups -OCH3 is 1. The summed E-state index contributed by atoms with van der Waals surface area (Å²) in [6, 6.07) is 15.6. The minimum atomic E-state index is -0.609. The lowest BCUT2D eigenvalue weighted by Gasteiger charge is -2.35. The van der Waals surface area contributed by atoms with Gasteiger partial charge in [0.25, 0.3) is 0 Å². The van der Waals surface area contributed by atoms with Gasteiger partial charge in [0.2, 0.25) is 11.8 Å². The third-order valence-corrected chi connectivity index (χ3v) is 5.95. The summed E-state index contributed by atoms with van der Waals surface area (Å²) in [7, 11) is 1.61. The third-order valence-electron chi connectivity index (χ3n) is 5.95. The number of nitrogens with zero attached hydrogens (tertiary/aromatic N) is 1. The van der Waals surface area contributed by atoms with Crippen molar-refractivity contribution in [2.24, 2.45) is 0 Å². The number of carbonyl (C=O) groups excluding carboxylic acids is 2. The molecule has 1 aliphatic heterocycles. The van der Waals surface area contributed by atoms with Gasteiger partial charge in [0.15, 0.2) is 0 Å². The minimum absolute atomic E-state index is 0.174. The van der Waals surface area contributed by atoms with E-state index in [4.69, 9.17) is 4.74 Å². The van der Waals surface area contributed by atoms with Crippen molar-refractivity contribution in [3.63, 3.8) is 0 Å². The molecule has 0 fully saturated rings. The SMILES string of the molecule is CCC(CNC(=O)C(C)NC(=O)/C=C/c1ccc(OC)cc1)N1CCc2ccccc2C1. The zero-order valence-electron chi connectivity index (χ0n) is 19.1. The molecular weight excluding hydrogens is 402 g/mol. The highest BCUT2D eigenvalue weighted by atomic mass is 16.5. The molecule has 6 heteroatoms. The van der Waals surface area contributed by atoms with Crippen molar-refractivity contribution < 1.29 is 14.3 Å². The zero-order valence-corrected chi connectivity index (χ0v) is 19.1. The van der Waals surface area contributed by atoms with E-state index in [0.29, 0.717) is 6.54 Å². The molecule has 0 saturated carbocycles. The van der Waals surface area contributed by atoms with Crippen LogP contribution in [0.15, 0.2) is 54.6 Å². The number of amides is 2. The van der Waals surface area contributed by atoms with Crippen LogP contribution >= 0.6 is 0 Å². The topological polar surface area (TPSA) is 70.7 Å². The first-order valence-electron chi connectivity index (χ1n) is 11.2. The van der Waals surface area contributed by atoms with E-state index in [1.807, 2.05) is 24.3 Å². The Balaban J connectivity index is 1.46. The van der Waals surface area contributed by atoms with Crippen molar-refractivity contribution in [1.29, 1.82) is 0 Å². The molecule has 2 atom stereocenters. The fourth-order valence-corrected chi connectivity index (χ4v) is 3.95. The molecule has 0 spiro atoms. The van der Waals surface area contributed by atoms with E-state index in [-0.39, 0.29) is 17.9 Å². The van der Waals surface area contributed by atoms with Crippen LogP contribution in [0.2, 0.25) is 0 Å². The zero-order chi connectivity index (χ0) is 22.9. The maximum atomic E-state index is 12.5. The van der Waals surface area contributed by atoms with Crippen LogP contribution in [0.4, 0.5) is 0 Å². The summed E-state index contributed by atoms with van der Waals surface area (Å²) in [5.41, 5.74) is 3.67. The Labute approximate surface area is 190 Å². The molecule has 3 rings (SSSR count). The van der Waals surface area contributed by atoms with Gasteiger partial charge < -0.3 is 15.4 Å². The average Bonchev–Trinajstić information content (AvgIpc) is 2.83. The lowest BCUT2D eigenvalue weighted by atomic mass is 9.98. The van der Waals surface area contributed by atoms with Gasteiger partial charge >= 0.3 is 0 Å². The number of benzene rings is 2. The summed E-state index contributed by atoms with van der Waals surface area (Å²) < 4.78 is 5.12. The van der Waals surface area contributed by atoms with Crippen LogP contribution in [0, 0.1) is 0 Å². The van der Waals surface area contributed by atoms with E-state index in [1.54, 1.807) is 20.1 Å². The highest BCUT2D eigenvalue weighted by Gasteiger charge is 2.23. The number of rotatable bonds is 9. The Morgan fingerprint density at radius 1 is 1.12 bits per heavy atom. The van der Waals surface area contributed by atoms with Crippen LogP contribution in [0.5, 0.6) is 5.75 Å². The lowest BCUT2D eigenvalue weighted by molar-refractivity contribution is -0.126. The average molecular weight is 436 g/mol. The van der Waals surface area contributed by atoms with Crippen LogP contribution < -0.4 is 15.4 Å². The second-order valence-electron chi connectivity index (χ2n) is 8.13. The summed E-state index contributed by atoms with van der Waals surface area (Å²) >= 11 is 0. The van der Waals surface area contributed by atoms with Crippen LogP contribution in [0.25, 0.3) is 6.08 Å². The molecule has 170 valence electrons. The van der Waals surface area contributed by atoms with Crippen molar-refractivity contribution >= 4 is 17.9 Å². The number of carbonyl (C=O) groups is 2. The van der Waals surface area contributed by atoms with Gasteiger partial charge in [-0.25, -0.2) is 0 Å². The molecular formula is C26H33N3O3. The van der Waals surface area contributed by atoms with E-state index < -0.39 is 6.04 Å².